The van der Waals surface area contributed by atoms with Crippen molar-refractivity contribution in [2.45, 2.75) is 58.5 Å². The lowest BCUT2D eigenvalue weighted by atomic mass is 9.95. The zero-order valence-corrected chi connectivity index (χ0v) is 20.7. The molecule has 4 rings (SSSR count). The van der Waals surface area contributed by atoms with E-state index in [4.69, 9.17) is 0 Å². The second-order valence-corrected chi connectivity index (χ2v) is 9.24. The van der Waals surface area contributed by atoms with Crippen molar-refractivity contribution in [1.29, 1.82) is 0 Å². The third-order valence-corrected chi connectivity index (χ3v) is 6.58. The Bertz CT molecular complexity index is 1330. The molecule has 194 valence electrons. The van der Waals surface area contributed by atoms with Crippen LogP contribution >= 0.6 is 0 Å². The molecule has 0 spiro atoms. The van der Waals surface area contributed by atoms with E-state index in [-0.39, 0.29) is 17.1 Å². The number of hydrogen-bond acceptors (Lipinski definition) is 1. The summed E-state index contributed by atoms with van der Waals surface area (Å²) in [4.78, 5) is 0. The van der Waals surface area contributed by atoms with Crippen LogP contribution in [-0.4, -0.2) is 6.61 Å². The van der Waals surface area contributed by atoms with Gasteiger partial charge in [0.05, 0.1) is 5.56 Å². The third-order valence-electron chi connectivity index (χ3n) is 6.58. The van der Waals surface area contributed by atoms with Crippen LogP contribution in [0.3, 0.4) is 0 Å². The van der Waals surface area contributed by atoms with Crippen molar-refractivity contribution in [3.8, 4) is 16.9 Å². The Morgan fingerprint density at radius 3 is 2.11 bits per heavy atom. The summed E-state index contributed by atoms with van der Waals surface area (Å²) >= 11 is 0. The second-order valence-electron chi connectivity index (χ2n) is 9.24. The molecule has 4 aromatic rings. The van der Waals surface area contributed by atoms with Crippen LogP contribution in [0.25, 0.3) is 21.9 Å². The zero-order chi connectivity index (χ0) is 26.4. The van der Waals surface area contributed by atoms with Gasteiger partial charge in [-0.15, -0.1) is 0 Å². The van der Waals surface area contributed by atoms with Crippen molar-refractivity contribution in [3.63, 3.8) is 0 Å². The highest BCUT2D eigenvalue weighted by molar-refractivity contribution is 5.88. The van der Waals surface area contributed by atoms with Gasteiger partial charge in [0.2, 0.25) is 0 Å². The first kappa shape index (κ1) is 26.6. The van der Waals surface area contributed by atoms with Crippen LogP contribution in [0, 0.1) is 17.5 Å². The maximum atomic E-state index is 15.2. The van der Waals surface area contributed by atoms with Crippen LogP contribution < -0.4 is 4.74 Å². The highest BCUT2D eigenvalue weighted by Crippen LogP contribution is 2.32. The average molecular weight is 513 g/mol. The number of benzene rings is 4. The molecule has 0 radical (unpaired) electrons. The zero-order valence-electron chi connectivity index (χ0n) is 20.7. The molecule has 4 aromatic carbocycles. The molecule has 0 N–H and O–H groups in total. The van der Waals surface area contributed by atoms with Gasteiger partial charge in [0, 0.05) is 5.39 Å². The van der Waals surface area contributed by atoms with Gasteiger partial charge < -0.3 is 4.74 Å². The van der Waals surface area contributed by atoms with Gasteiger partial charge in [0.15, 0.2) is 0 Å². The number of halogens is 5. The van der Waals surface area contributed by atoms with Gasteiger partial charge in [-0.3, -0.25) is 0 Å². The molecule has 0 amide bonds. The van der Waals surface area contributed by atoms with E-state index in [1.54, 1.807) is 42.5 Å². The van der Waals surface area contributed by atoms with E-state index in [9.17, 15) is 17.6 Å². The van der Waals surface area contributed by atoms with E-state index >= 15 is 4.39 Å². The summed E-state index contributed by atoms with van der Waals surface area (Å²) in [6, 6.07) is 17.1. The quantitative estimate of drug-likeness (QED) is 0.144. The Morgan fingerprint density at radius 2 is 1.43 bits per heavy atom. The van der Waals surface area contributed by atoms with Gasteiger partial charge >= 0.3 is 6.61 Å². The summed E-state index contributed by atoms with van der Waals surface area (Å²) in [6.45, 7) is -0.770. The van der Waals surface area contributed by atoms with Crippen molar-refractivity contribution >= 4 is 10.8 Å². The molecule has 37 heavy (non-hydrogen) atoms. The molecule has 0 heterocycles. The number of fused-ring (bicyclic) bond motifs is 1. The normalized spacial score (nSPS) is 11.4. The third kappa shape index (κ3) is 6.68. The molecule has 6 heteroatoms. The summed E-state index contributed by atoms with van der Waals surface area (Å²) in [5.41, 5.74) is 2.25. The van der Waals surface area contributed by atoms with E-state index in [1.807, 2.05) is 0 Å². The summed E-state index contributed by atoms with van der Waals surface area (Å²) in [6.07, 6.45) is 5.67. The lowest BCUT2D eigenvalue weighted by molar-refractivity contribution is -0.0498. The topological polar surface area (TPSA) is 9.23 Å². The molecule has 1 nitrogen and oxygen atoms in total. The first-order chi connectivity index (χ1) is 17.9. The van der Waals surface area contributed by atoms with Gasteiger partial charge in [0.25, 0.3) is 0 Å². The molecule has 0 unspecified atom stereocenters. The number of ether oxygens (including phenoxy) is 1. The van der Waals surface area contributed by atoms with Crippen LogP contribution in [0.5, 0.6) is 5.75 Å². The lowest BCUT2D eigenvalue weighted by Crippen LogP contribution is -2.02. The van der Waals surface area contributed by atoms with Crippen molar-refractivity contribution < 1.29 is 26.7 Å². The number of rotatable bonds is 11. The van der Waals surface area contributed by atoms with Gasteiger partial charge in [-0.05, 0) is 83.7 Å². The largest absolute Gasteiger partial charge is 0.435 e. The smallest absolute Gasteiger partial charge is 0.387 e. The van der Waals surface area contributed by atoms with Crippen molar-refractivity contribution in [2.24, 2.45) is 0 Å². The molecule has 0 aliphatic rings. The van der Waals surface area contributed by atoms with Gasteiger partial charge in [-0.1, -0.05) is 62.6 Å². The number of unbranched alkanes of at least 4 members (excludes halogenated alkanes) is 3. The maximum Gasteiger partial charge on any atom is 0.387 e. The maximum absolute atomic E-state index is 15.2. The lowest BCUT2D eigenvalue weighted by Gasteiger charge is -2.12. The highest BCUT2D eigenvalue weighted by Gasteiger charge is 2.16. The molecular formula is C31H29F5O. The van der Waals surface area contributed by atoms with Crippen LogP contribution in [0.1, 0.15) is 49.3 Å². The minimum absolute atomic E-state index is 0.0703. The highest BCUT2D eigenvalue weighted by atomic mass is 19.3. The summed E-state index contributed by atoms with van der Waals surface area (Å²) in [5, 5.41) is 0.921. The minimum atomic E-state index is -2.88. The Labute approximate surface area is 213 Å². The first-order valence-electron chi connectivity index (χ1n) is 12.6. The SMILES string of the molecule is CCCCCCc1cc(F)c(-c2ccc3c(F)c(CCc4ccc(OC(F)F)cc4)ccc3c2)c(F)c1. The van der Waals surface area contributed by atoms with Crippen molar-refractivity contribution in [2.75, 3.05) is 0 Å². The molecule has 0 aliphatic heterocycles. The number of aryl methyl sites for hydroxylation is 3. The Balaban J connectivity index is 1.50. The Morgan fingerprint density at radius 1 is 0.703 bits per heavy atom. The molecule has 0 saturated carbocycles. The van der Waals surface area contributed by atoms with E-state index in [1.165, 1.54) is 24.3 Å². The van der Waals surface area contributed by atoms with Crippen molar-refractivity contribution in [1.82, 2.24) is 0 Å². The number of alkyl halides is 2. The van der Waals surface area contributed by atoms with Gasteiger partial charge in [-0.25, -0.2) is 13.2 Å². The standard InChI is InChI=1S/C31H29F5O/c1-2-3-4-5-6-21-17-27(32)29(28(33)18-21)24-13-16-26-23(19-24)12-11-22(30(26)34)10-7-20-8-14-25(15-9-20)37-31(35)36/h8-9,11-19,31H,2-7,10H2,1H3. The predicted molar refractivity (Wildman–Crippen MR) is 138 cm³/mol. The Kier molecular flexibility index (Phi) is 8.80. The molecule has 0 atom stereocenters. The molecule has 0 fully saturated rings. The summed E-state index contributed by atoms with van der Waals surface area (Å²) in [7, 11) is 0. The van der Waals surface area contributed by atoms with E-state index in [0.29, 0.717) is 46.7 Å². The minimum Gasteiger partial charge on any atom is -0.435 e. The average Bonchev–Trinajstić information content (AvgIpc) is 2.86. The Hall–Kier alpha value is -3.41. The molecule has 0 aliphatic carbocycles. The molecule has 0 saturated heterocycles. The monoisotopic (exact) mass is 512 g/mol. The predicted octanol–water partition coefficient (Wildman–Crippen LogP) is 9.43. The fourth-order valence-corrected chi connectivity index (χ4v) is 4.60. The molecular weight excluding hydrogens is 483 g/mol. The fraction of sp³-hybridized carbons (Fsp3) is 0.290. The van der Waals surface area contributed by atoms with E-state index in [0.717, 1.165) is 31.2 Å². The van der Waals surface area contributed by atoms with Crippen LogP contribution in [0.4, 0.5) is 22.0 Å². The second kappa shape index (κ2) is 12.2. The molecule has 0 bridgehead atoms. The summed E-state index contributed by atoms with van der Waals surface area (Å²) < 4.78 is 74.0. The fourth-order valence-electron chi connectivity index (χ4n) is 4.60. The first-order valence-corrected chi connectivity index (χ1v) is 12.6. The molecule has 0 aromatic heterocycles. The van der Waals surface area contributed by atoms with Gasteiger partial charge in [0.1, 0.15) is 23.2 Å². The van der Waals surface area contributed by atoms with Crippen molar-refractivity contribution in [3.05, 3.63) is 101 Å². The van der Waals surface area contributed by atoms with Crippen LogP contribution in [-0.2, 0) is 19.3 Å². The summed E-state index contributed by atoms with van der Waals surface area (Å²) in [5.74, 6) is -1.55. The number of hydrogen-bond donors (Lipinski definition) is 0. The van der Waals surface area contributed by atoms with Crippen LogP contribution in [0.15, 0.2) is 66.7 Å². The van der Waals surface area contributed by atoms with Crippen LogP contribution in [0.2, 0.25) is 0 Å². The van der Waals surface area contributed by atoms with Gasteiger partial charge in [-0.2, -0.15) is 8.78 Å². The van der Waals surface area contributed by atoms with E-state index < -0.39 is 18.2 Å². The van der Waals surface area contributed by atoms with E-state index in [2.05, 4.69) is 11.7 Å².